The number of nitrogens with zero attached hydrogens (tertiary/aromatic N) is 1. The molecule has 1 rings (SSSR count). The van der Waals surface area contributed by atoms with E-state index in [9.17, 15) is 23.7 Å². The first-order chi connectivity index (χ1) is 7.86. The van der Waals surface area contributed by atoms with E-state index in [0.29, 0.717) is 0 Å². The Labute approximate surface area is 104 Å². The second-order valence-electron chi connectivity index (χ2n) is 3.31. The van der Waals surface area contributed by atoms with Crippen molar-refractivity contribution >= 4 is 27.4 Å². The maximum Gasteiger partial charge on any atom is 0.278 e. The zero-order valence-electron chi connectivity index (χ0n) is 8.69. The number of carbonyl (C=O) groups is 1. The standard InChI is InChI=1S/C10H8BrF2NO3/c1-5(15)9(11)6-3-2-4-7(14(16)17)8(6)10(12)13/h2-4,9-10H,1H3. The van der Waals surface area contributed by atoms with E-state index < -0.39 is 33.2 Å². The SMILES string of the molecule is CC(=O)C(Br)c1cccc([N+](=O)[O-])c1C(F)F. The highest BCUT2D eigenvalue weighted by Gasteiger charge is 2.29. The van der Waals surface area contributed by atoms with Crippen LogP contribution in [0.2, 0.25) is 0 Å². The maximum absolute atomic E-state index is 12.8. The van der Waals surface area contributed by atoms with Gasteiger partial charge in [-0.25, -0.2) is 8.78 Å². The van der Waals surface area contributed by atoms with Gasteiger partial charge in [0.15, 0.2) is 0 Å². The van der Waals surface area contributed by atoms with E-state index in [1.165, 1.54) is 19.1 Å². The van der Waals surface area contributed by atoms with Crippen molar-refractivity contribution in [1.82, 2.24) is 0 Å². The van der Waals surface area contributed by atoms with Gasteiger partial charge in [0.05, 0.1) is 9.75 Å². The van der Waals surface area contributed by atoms with Crippen LogP contribution in [0.25, 0.3) is 0 Å². The quantitative estimate of drug-likeness (QED) is 0.485. The number of alkyl halides is 3. The van der Waals surface area contributed by atoms with Gasteiger partial charge >= 0.3 is 0 Å². The van der Waals surface area contributed by atoms with Crippen molar-refractivity contribution in [3.63, 3.8) is 0 Å². The van der Waals surface area contributed by atoms with E-state index in [-0.39, 0.29) is 5.56 Å². The summed E-state index contributed by atoms with van der Waals surface area (Å²) in [6.07, 6.45) is -3.01. The summed E-state index contributed by atoms with van der Waals surface area (Å²) in [4.78, 5) is 19.9. The Bertz CT molecular complexity index is 465. The van der Waals surface area contributed by atoms with Gasteiger partial charge in [0.2, 0.25) is 0 Å². The van der Waals surface area contributed by atoms with Crippen molar-refractivity contribution in [2.75, 3.05) is 0 Å². The summed E-state index contributed by atoms with van der Waals surface area (Å²) in [5.74, 6) is -0.396. The molecule has 0 aliphatic rings. The van der Waals surface area contributed by atoms with Crippen molar-refractivity contribution < 1.29 is 18.5 Å². The highest BCUT2D eigenvalue weighted by molar-refractivity contribution is 9.09. The van der Waals surface area contributed by atoms with E-state index in [4.69, 9.17) is 0 Å². The Morgan fingerprint density at radius 3 is 2.47 bits per heavy atom. The average molecular weight is 308 g/mol. The maximum atomic E-state index is 12.8. The number of hydrogen-bond acceptors (Lipinski definition) is 3. The highest BCUT2D eigenvalue weighted by Crippen LogP contribution is 2.38. The van der Waals surface area contributed by atoms with Crippen LogP contribution in [0.4, 0.5) is 14.5 Å². The molecule has 7 heteroatoms. The number of rotatable bonds is 4. The Morgan fingerprint density at radius 1 is 1.47 bits per heavy atom. The molecule has 0 saturated heterocycles. The summed E-state index contributed by atoms with van der Waals surface area (Å²) >= 11 is 2.95. The first-order valence-electron chi connectivity index (χ1n) is 4.56. The third-order valence-corrected chi connectivity index (χ3v) is 3.30. The van der Waals surface area contributed by atoms with E-state index in [0.717, 1.165) is 6.07 Å². The second-order valence-corrected chi connectivity index (χ2v) is 4.23. The molecule has 0 radical (unpaired) electrons. The van der Waals surface area contributed by atoms with Gasteiger partial charge in [-0.05, 0) is 12.5 Å². The minimum absolute atomic E-state index is 0.0679. The Kier molecular flexibility index (Phi) is 4.28. The molecule has 0 spiro atoms. The molecule has 0 amide bonds. The molecule has 0 aliphatic heterocycles. The summed E-state index contributed by atoms with van der Waals surface area (Å²) < 4.78 is 25.7. The summed E-state index contributed by atoms with van der Waals surface area (Å²) in [7, 11) is 0. The number of Topliss-reactive ketones (excluding diaryl/α,β-unsaturated/α-hetero) is 1. The van der Waals surface area contributed by atoms with Gasteiger partial charge < -0.3 is 0 Å². The first-order valence-corrected chi connectivity index (χ1v) is 5.47. The van der Waals surface area contributed by atoms with Crippen LogP contribution >= 0.6 is 15.9 Å². The molecule has 0 fully saturated rings. The molecular weight excluding hydrogens is 300 g/mol. The molecule has 0 bridgehead atoms. The van der Waals surface area contributed by atoms with Crippen LogP contribution in [0.5, 0.6) is 0 Å². The predicted octanol–water partition coefficient (Wildman–Crippen LogP) is 3.56. The van der Waals surface area contributed by atoms with Crippen LogP contribution < -0.4 is 0 Å². The lowest BCUT2D eigenvalue weighted by atomic mass is 10.0. The molecule has 0 aliphatic carbocycles. The van der Waals surface area contributed by atoms with E-state index in [2.05, 4.69) is 15.9 Å². The zero-order chi connectivity index (χ0) is 13.2. The van der Waals surface area contributed by atoms with Gasteiger partial charge in [-0.2, -0.15) is 0 Å². The lowest BCUT2D eigenvalue weighted by Crippen LogP contribution is -2.07. The Morgan fingerprint density at radius 2 is 2.06 bits per heavy atom. The fourth-order valence-corrected chi connectivity index (χ4v) is 1.81. The third-order valence-electron chi connectivity index (χ3n) is 2.16. The van der Waals surface area contributed by atoms with Crippen molar-refractivity contribution in [3.8, 4) is 0 Å². The molecule has 1 aromatic rings. The minimum atomic E-state index is -3.01. The molecule has 0 N–H and O–H groups in total. The number of carbonyl (C=O) groups excluding carboxylic acids is 1. The van der Waals surface area contributed by atoms with Crippen LogP contribution in [-0.2, 0) is 4.79 Å². The monoisotopic (exact) mass is 307 g/mol. The summed E-state index contributed by atoms with van der Waals surface area (Å²) in [6.45, 7) is 1.22. The van der Waals surface area contributed by atoms with Gasteiger partial charge in [-0.1, -0.05) is 28.1 Å². The van der Waals surface area contributed by atoms with E-state index >= 15 is 0 Å². The summed E-state index contributed by atoms with van der Waals surface area (Å²) in [6, 6.07) is 3.54. The molecule has 4 nitrogen and oxygen atoms in total. The lowest BCUT2D eigenvalue weighted by molar-refractivity contribution is -0.386. The van der Waals surface area contributed by atoms with Gasteiger partial charge in [-0.15, -0.1) is 0 Å². The molecule has 1 unspecified atom stereocenters. The van der Waals surface area contributed by atoms with E-state index in [1.807, 2.05) is 0 Å². The number of hydrogen-bond donors (Lipinski definition) is 0. The Balaban J connectivity index is 3.45. The number of nitro benzene ring substituents is 1. The highest BCUT2D eigenvalue weighted by atomic mass is 79.9. The fraction of sp³-hybridized carbons (Fsp3) is 0.300. The third kappa shape index (κ3) is 2.85. The van der Waals surface area contributed by atoms with Crippen LogP contribution in [0.15, 0.2) is 18.2 Å². The van der Waals surface area contributed by atoms with Crippen LogP contribution in [0, 0.1) is 10.1 Å². The molecule has 0 heterocycles. The van der Waals surface area contributed by atoms with Crippen molar-refractivity contribution in [3.05, 3.63) is 39.4 Å². The van der Waals surface area contributed by atoms with Gasteiger partial charge in [0.1, 0.15) is 11.3 Å². The Hall–Kier alpha value is -1.37. The topological polar surface area (TPSA) is 60.2 Å². The summed E-state index contributed by atoms with van der Waals surface area (Å²) in [5.41, 5.74) is -1.46. The zero-order valence-corrected chi connectivity index (χ0v) is 10.3. The molecule has 0 saturated carbocycles. The van der Waals surface area contributed by atoms with Crippen LogP contribution in [-0.4, -0.2) is 10.7 Å². The average Bonchev–Trinajstić information content (AvgIpc) is 2.26. The van der Waals surface area contributed by atoms with Gasteiger partial charge in [0.25, 0.3) is 12.1 Å². The smallest absolute Gasteiger partial charge is 0.278 e. The predicted molar refractivity (Wildman–Crippen MR) is 60.4 cm³/mol. The normalized spacial score (nSPS) is 12.5. The van der Waals surface area contributed by atoms with Crippen LogP contribution in [0.3, 0.4) is 0 Å². The lowest BCUT2D eigenvalue weighted by Gasteiger charge is -2.12. The molecule has 92 valence electrons. The number of ketones is 1. The van der Waals surface area contributed by atoms with Gasteiger partial charge in [-0.3, -0.25) is 14.9 Å². The number of nitro groups is 1. The van der Waals surface area contributed by atoms with Gasteiger partial charge in [0, 0.05) is 6.07 Å². The van der Waals surface area contributed by atoms with Crippen LogP contribution in [0.1, 0.15) is 29.3 Å². The van der Waals surface area contributed by atoms with Crippen molar-refractivity contribution in [2.24, 2.45) is 0 Å². The van der Waals surface area contributed by atoms with E-state index in [1.54, 1.807) is 0 Å². The van der Waals surface area contributed by atoms with Crippen molar-refractivity contribution in [1.29, 1.82) is 0 Å². The number of benzene rings is 1. The molecule has 17 heavy (non-hydrogen) atoms. The first kappa shape index (κ1) is 13.7. The molecular formula is C10H8BrF2NO3. The molecule has 1 aromatic carbocycles. The second kappa shape index (κ2) is 5.31. The minimum Gasteiger partial charge on any atom is -0.298 e. The fourth-order valence-electron chi connectivity index (χ4n) is 1.41. The van der Waals surface area contributed by atoms with Crippen molar-refractivity contribution in [2.45, 2.75) is 18.2 Å². The number of halogens is 3. The largest absolute Gasteiger partial charge is 0.298 e. The summed E-state index contributed by atoms with van der Waals surface area (Å²) in [5, 5.41) is 10.6. The molecule has 0 aromatic heterocycles. The molecule has 1 atom stereocenters.